The lowest BCUT2D eigenvalue weighted by molar-refractivity contribution is -0.336. The molecule has 128 valence electrons. The number of ether oxygens (including phenoxy) is 3. The van der Waals surface area contributed by atoms with Crippen LogP contribution in [0.1, 0.15) is 33.1 Å². The van der Waals surface area contributed by atoms with Gasteiger partial charge in [0.05, 0.1) is 24.4 Å². The third kappa shape index (κ3) is 2.80. The Morgan fingerprint density at radius 2 is 1.82 bits per heavy atom. The molecule has 3 heterocycles. The molecule has 22 heavy (non-hydrogen) atoms. The Morgan fingerprint density at radius 1 is 1.09 bits per heavy atom. The molecule has 4 rings (SSSR count). The second-order valence-corrected chi connectivity index (χ2v) is 7.14. The highest BCUT2D eigenvalue weighted by atomic mass is 16.7. The number of aliphatic hydroxyl groups excluding tert-OH is 4. The van der Waals surface area contributed by atoms with E-state index in [9.17, 15) is 20.4 Å². The van der Waals surface area contributed by atoms with E-state index in [2.05, 4.69) is 13.8 Å². The normalized spacial score (nSPS) is 51.0. The van der Waals surface area contributed by atoms with Crippen LogP contribution in [0.2, 0.25) is 0 Å². The Labute approximate surface area is 129 Å². The van der Waals surface area contributed by atoms with Crippen LogP contribution < -0.4 is 0 Å². The monoisotopic (exact) mass is 318 g/mol. The van der Waals surface area contributed by atoms with E-state index in [1.54, 1.807) is 0 Å². The fraction of sp³-hybridized carbons (Fsp3) is 1.00. The third-order valence-electron chi connectivity index (χ3n) is 5.33. The second kappa shape index (κ2) is 5.98. The predicted octanol–water partition coefficient (Wildman–Crippen LogP) is -0.851. The van der Waals surface area contributed by atoms with Crippen molar-refractivity contribution in [2.45, 2.75) is 81.6 Å². The van der Waals surface area contributed by atoms with Crippen LogP contribution >= 0.6 is 0 Å². The molecule has 4 fully saturated rings. The number of rotatable bonds is 3. The average molecular weight is 318 g/mol. The smallest absolute Gasteiger partial charge is 0.187 e. The van der Waals surface area contributed by atoms with Gasteiger partial charge >= 0.3 is 0 Å². The van der Waals surface area contributed by atoms with Gasteiger partial charge in [0, 0.05) is 0 Å². The van der Waals surface area contributed by atoms with Crippen molar-refractivity contribution in [3.63, 3.8) is 0 Å². The van der Waals surface area contributed by atoms with Crippen LogP contribution in [-0.2, 0) is 14.2 Å². The van der Waals surface area contributed by atoms with Crippen molar-refractivity contribution >= 4 is 0 Å². The highest BCUT2D eigenvalue weighted by Crippen LogP contribution is 2.45. The minimum Gasteiger partial charge on any atom is -0.394 e. The molecule has 1 saturated carbocycles. The molecule has 3 aliphatic heterocycles. The fourth-order valence-electron chi connectivity index (χ4n) is 3.85. The van der Waals surface area contributed by atoms with Crippen molar-refractivity contribution in [3.05, 3.63) is 0 Å². The van der Waals surface area contributed by atoms with Gasteiger partial charge in [0.25, 0.3) is 0 Å². The quantitative estimate of drug-likeness (QED) is 0.537. The SMILES string of the molecule is CC1(C)O[C@H]2CC[C@@H]1CC2OC1O[C@@H](CO)[C@H](O)[C@@H](O)[C@@H]1O. The van der Waals surface area contributed by atoms with Crippen molar-refractivity contribution < 1.29 is 34.6 Å². The molecule has 1 aliphatic carbocycles. The number of hydrogen-bond donors (Lipinski definition) is 4. The van der Waals surface area contributed by atoms with Gasteiger partial charge < -0.3 is 34.6 Å². The van der Waals surface area contributed by atoms with Crippen LogP contribution in [0.15, 0.2) is 0 Å². The van der Waals surface area contributed by atoms with Gasteiger partial charge in [0.1, 0.15) is 24.4 Å². The van der Waals surface area contributed by atoms with E-state index >= 15 is 0 Å². The van der Waals surface area contributed by atoms with Gasteiger partial charge in [-0.1, -0.05) is 0 Å². The molecule has 2 bridgehead atoms. The second-order valence-electron chi connectivity index (χ2n) is 7.14. The molecule has 4 aliphatic rings. The van der Waals surface area contributed by atoms with Crippen molar-refractivity contribution in [3.8, 4) is 0 Å². The lowest BCUT2D eigenvalue weighted by Gasteiger charge is -2.52. The lowest BCUT2D eigenvalue weighted by Crippen LogP contribution is -2.62. The number of fused-ring (bicyclic) bond motifs is 3. The maximum atomic E-state index is 10.0. The molecule has 7 nitrogen and oxygen atoms in total. The summed E-state index contributed by atoms with van der Waals surface area (Å²) in [6.45, 7) is 3.70. The Morgan fingerprint density at radius 3 is 2.36 bits per heavy atom. The van der Waals surface area contributed by atoms with Gasteiger partial charge in [-0.3, -0.25) is 0 Å². The third-order valence-corrected chi connectivity index (χ3v) is 5.33. The number of aliphatic hydroxyl groups is 4. The maximum Gasteiger partial charge on any atom is 0.187 e. The van der Waals surface area contributed by atoms with E-state index in [0.717, 1.165) is 19.3 Å². The van der Waals surface area contributed by atoms with Crippen molar-refractivity contribution in [2.24, 2.45) is 5.92 Å². The molecule has 4 N–H and O–H groups in total. The Hall–Kier alpha value is -0.280. The van der Waals surface area contributed by atoms with Crippen molar-refractivity contribution in [2.75, 3.05) is 6.61 Å². The first kappa shape index (κ1) is 16.6. The standard InChI is InChI=1S/C15H26O7/c1-15(2)7-3-4-8(22-15)9(5-7)20-14-13(19)12(18)11(17)10(6-16)21-14/h7-14,16-19H,3-6H2,1-2H3/t7-,8+,9?,10+,11+,12-,13+,14?/m1/s1. The molecular weight excluding hydrogens is 292 g/mol. The molecule has 0 radical (unpaired) electrons. The first-order chi connectivity index (χ1) is 10.3. The molecule has 0 aromatic carbocycles. The summed E-state index contributed by atoms with van der Waals surface area (Å²) < 4.78 is 17.3. The van der Waals surface area contributed by atoms with Crippen molar-refractivity contribution in [1.82, 2.24) is 0 Å². The molecule has 0 aromatic rings. The highest BCUT2D eigenvalue weighted by molar-refractivity contribution is 4.97. The van der Waals surface area contributed by atoms with Crippen LogP contribution in [0.3, 0.4) is 0 Å². The van der Waals surface area contributed by atoms with Gasteiger partial charge in [-0.2, -0.15) is 0 Å². The summed E-state index contributed by atoms with van der Waals surface area (Å²) in [6.07, 6.45) is -3.62. The summed E-state index contributed by atoms with van der Waals surface area (Å²) in [7, 11) is 0. The highest BCUT2D eigenvalue weighted by Gasteiger charge is 2.51. The average Bonchev–Trinajstić information content (AvgIpc) is 2.48. The van der Waals surface area contributed by atoms with Gasteiger partial charge in [-0.05, 0) is 39.0 Å². The van der Waals surface area contributed by atoms with E-state index in [1.165, 1.54) is 0 Å². The molecule has 2 unspecified atom stereocenters. The van der Waals surface area contributed by atoms with Gasteiger partial charge in [-0.25, -0.2) is 0 Å². The molecular formula is C15H26O7. The summed E-state index contributed by atoms with van der Waals surface area (Å²) in [5, 5.41) is 38.8. The first-order valence-corrected chi connectivity index (χ1v) is 7.97. The molecule has 0 spiro atoms. The molecule has 8 atom stereocenters. The van der Waals surface area contributed by atoms with Crippen LogP contribution in [0, 0.1) is 5.92 Å². The summed E-state index contributed by atoms with van der Waals surface area (Å²) in [5.41, 5.74) is -0.168. The zero-order valence-electron chi connectivity index (χ0n) is 13.0. The maximum absolute atomic E-state index is 10.0. The van der Waals surface area contributed by atoms with E-state index < -0.39 is 37.3 Å². The lowest BCUT2D eigenvalue weighted by atomic mass is 9.72. The van der Waals surface area contributed by atoms with Gasteiger partial charge in [-0.15, -0.1) is 0 Å². The molecule has 0 aromatic heterocycles. The van der Waals surface area contributed by atoms with Crippen LogP contribution in [0.5, 0.6) is 0 Å². The molecule has 0 amide bonds. The van der Waals surface area contributed by atoms with E-state index in [-0.39, 0.29) is 17.8 Å². The first-order valence-electron chi connectivity index (χ1n) is 7.97. The zero-order chi connectivity index (χ0) is 16.1. The molecule has 3 saturated heterocycles. The Kier molecular flexibility index (Phi) is 4.50. The minimum atomic E-state index is -1.41. The fourth-order valence-corrected chi connectivity index (χ4v) is 3.85. The molecule has 7 heteroatoms. The summed E-state index contributed by atoms with van der Waals surface area (Å²) in [6, 6.07) is 0. The largest absolute Gasteiger partial charge is 0.394 e. The van der Waals surface area contributed by atoms with Crippen LogP contribution in [0.4, 0.5) is 0 Å². The predicted molar refractivity (Wildman–Crippen MR) is 74.9 cm³/mol. The van der Waals surface area contributed by atoms with E-state index in [4.69, 9.17) is 14.2 Å². The van der Waals surface area contributed by atoms with E-state index in [1.807, 2.05) is 0 Å². The summed E-state index contributed by atoms with van der Waals surface area (Å²) >= 11 is 0. The van der Waals surface area contributed by atoms with Crippen LogP contribution in [0.25, 0.3) is 0 Å². The van der Waals surface area contributed by atoms with Crippen LogP contribution in [-0.4, -0.2) is 75.5 Å². The number of hydrogen-bond acceptors (Lipinski definition) is 7. The van der Waals surface area contributed by atoms with E-state index in [0.29, 0.717) is 5.92 Å². The Balaban J connectivity index is 1.66. The zero-order valence-corrected chi connectivity index (χ0v) is 13.0. The van der Waals surface area contributed by atoms with Crippen molar-refractivity contribution in [1.29, 1.82) is 0 Å². The van der Waals surface area contributed by atoms with Gasteiger partial charge in [0.2, 0.25) is 0 Å². The summed E-state index contributed by atoms with van der Waals surface area (Å²) in [4.78, 5) is 0. The summed E-state index contributed by atoms with van der Waals surface area (Å²) in [5.74, 6) is 0.382. The Bertz CT molecular complexity index is 399. The minimum absolute atomic E-state index is 0.0626. The topological polar surface area (TPSA) is 109 Å². The van der Waals surface area contributed by atoms with Gasteiger partial charge in [0.15, 0.2) is 6.29 Å².